The molecular weight excluding hydrogens is 449 g/mol. The largest absolute Gasteiger partial charge is 0.178 e. The summed E-state index contributed by atoms with van der Waals surface area (Å²) in [7, 11) is 0. The minimum atomic E-state index is 0.771. The van der Waals surface area contributed by atoms with Crippen LogP contribution >= 0.6 is 95.8 Å². The van der Waals surface area contributed by atoms with E-state index >= 15 is 0 Å². The average Bonchev–Trinajstić information content (AvgIpc) is 3.27. The predicted molar refractivity (Wildman–Crippen MR) is 136 cm³/mol. The monoisotopic (exact) mass is 478 g/mol. The number of thioether (sulfide) groups is 6. The van der Waals surface area contributed by atoms with Gasteiger partial charge in [-0.2, -0.15) is 48.8 Å². The van der Waals surface area contributed by atoms with E-state index in [0.717, 1.165) is 41.7 Å². The summed E-state index contributed by atoms with van der Waals surface area (Å²) >= 11 is 22.1. The molecule has 0 nitrogen and oxygen atoms in total. The van der Waals surface area contributed by atoms with Crippen LogP contribution in [0, 0.1) is 0 Å². The molecule has 0 spiro atoms. The molecule has 0 aromatic rings. The molecular formula is C16H30S8. The number of thiol groups is 2. The van der Waals surface area contributed by atoms with Crippen LogP contribution in [0.5, 0.6) is 0 Å². The molecule has 0 aromatic carbocycles. The number of rotatable bonds is 11. The van der Waals surface area contributed by atoms with Gasteiger partial charge in [-0.15, -0.1) is 47.0 Å². The molecule has 2 aliphatic heterocycles. The lowest BCUT2D eigenvalue weighted by molar-refractivity contribution is 0.890. The molecule has 0 radical (unpaired) electrons. The molecule has 0 amide bonds. The van der Waals surface area contributed by atoms with Gasteiger partial charge in [0.1, 0.15) is 0 Å². The van der Waals surface area contributed by atoms with Crippen molar-refractivity contribution in [3.63, 3.8) is 0 Å². The molecule has 0 bridgehead atoms. The van der Waals surface area contributed by atoms with E-state index in [-0.39, 0.29) is 0 Å². The summed E-state index contributed by atoms with van der Waals surface area (Å²) in [4.78, 5) is 0. The SMILES string of the molecule is CCC(SCCSC(CC)C1SCC(CS)S1)C1SCC(CS)S1. The molecule has 0 N–H and O–H groups in total. The van der Waals surface area contributed by atoms with Gasteiger partial charge in [0, 0.05) is 55.5 Å². The van der Waals surface area contributed by atoms with Crippen LogP contribution in [0.3, 0.4) is 0 Å². The fraction of sp³-hybridized carbons (Fsp3) is 1.00. The van der Waals surface area contributed by atoms with E-state index in [1.54, 1.807) is 0 Å². The Kier molecular flexibility index (Phi) is 12.6. The highest BCUT2D eigenvalue weighted by Crippen LogP contribution is 2.46. The fourth-order valence-corrected chi connectivity index (χ4v) is 14.5. The Bertz CT molecular complexity index is 310. The summed E-state index contributed by atoms with van der Waals surface area (Å²) < 4.78 is 1.59. The van der Waals surface area contributed by atoms with E-state index in [9.17, 15) is 0 Å². The third-order valence-corrected chi connectivity index (χ3v) is 16.4. The summed E-state index contributed by atoms with van der Waals surface area (Å²) in [5.41, 5.74) is 0. The molecule has 24 heavy (non-hydrogen) atoms. The van der Waals surface area contributed by atoms with E-state index in [4.69, 9.17) is 0 Å². The van der Waals surface area contributed by atoms with Gasteiger partial charge in [0.25, 0.3) is 0 Å². The van der Waals surface area contributed by atoms with Gasteiger partial charge < -0.3 is 0 Å². The van der Waals surface area contributed by atoms with Crippen LogP contribution in [0.15, 0.2) is 0 Å². The van der Waals surface area contributed by atoms with Crippen LogP contribution < -0.4 is 0 Å². The molecule has 8 heteroatoms. The summed E-state index contributed by atoms with van der Waals surface area (Å²) in [6.07, 6.45) is 2.60. The second-order valence-electron chi connectivity index (χ2n) is 5.92. The fourth-order valence-electron chi connectivity index (χ4n) is 2.70. The zero-order valence-corrected chi connectivity index (χ0v) is 21.2. The third-order valence-electron chi connectivity index (χ3n) is 4.11. The Morgan fingerprint density at radius 2 is 1.25 bits per heavy atom. The highest BCUT2D eigenvalue weighted by molar-refractivity contribution is 8.22. The van der Waals surface area contributed by atoms with Crippen LogP contribution in [-0.2, 0) is 0 Å². The lowest BCUT2D eigenvalue weighted by Crippen LogP contribution is -2.17. The Hall–Kier alpha value is 2.80. The molecule has 2 rings (SSSR count). The van der Waals surface area contributed by atoms with E-state index < -0.39 is 0 Å². The van der Waals surface area contributed by atoms with Crippen molar-refractivity contribution in [2.24, 2.45) is 0 Å². The molecule has 2 saturated heterocycles. The zero-order chi connectivity index (χ0) is 17.4. The van der Waals surface area contributed by atoms with Gasteiger partial charge >= 0.3 is 0 Å². The lowest BCUT2D eigenvalue weighted by atomic mass is 10.4. The Balaban J connectivity index is 1.65. The van der Waals surface area contributed by atoms with Crippen molar-refractivity contribution < 1.29 is 0 Å². The first kappa shape index (κ1) is 23.1. The first-order valence-electron chi connectivity index (χ1n) is 8.70. The van der Waals surface area contributed by atoms with Crippen molar-refractivity contribution in [3.05, 3.63) is 0 Å². The molecule has 6 unspecified atom stereocenters. The average molecular weight is 479 g/mol. The van der Waals surface area contributed by atoms with Crippen LogP contribution in [0.4, 0.5) is 0 Å². The molecule has 0 aliphatic carbocycles. The number of hydrogen-bond acceptors (Lipinski definition) is 8. The van der Waals surface area contributed by atoms with Gasteiger partial charge in [0.15, 0.2) is 0 Å². The summed E-state index contributed by atoms with van der Waals surface area (Å²) in [6, 6.07) is 0. The summed E-state index contributed by atoms with van der Waals surface area (Å²) in [5, 5.41) is 3.17. The maximum absolute atomic E-state index is 4.48. The Morgan fingerprint density at radius 3 is 1.54 bits per heavy atom. The van der Waals surface area contributed by atoms with E-state index in [1.165, 1.54) is 35.9 Å². The van der Waals surface area contributed by atoms with Crippen molar-refractivity contribution in [2.45, 2.75) is 56.9 Å². The van der Waals surface area contributed by atoms with E-state index in [0.29, 0.717) is 0 Å². The smallest absolute Gasteiger partial charge is 0.0624 e. The summed E-state index contributed by atoms with van der Waals surface area (Å²) in [5.74, 6) is 7.28. The molecule has 142 valence electrons. The van der Waals surface area contributed by atoms with Gasteiger partial charge in [-0.25, -0.2) is 0 Å². The van der Waals surface area contributed by atoms with E-state index in [1.807, 2.05) is 0 Å². The Labute approximate surface area is 185 Å². The highest BCUT2D eigenvalue weighted by Gasteiger charge is 2.32. The van der Waals surface area contributed by atoms with Gasteiger partial charge in [0.05, 0.1) is 9.16 Å². The van der Waals surface area contributed by atoms with Crippen molar-refractivity contribution in [1.82, 2.24) is 0 Å². The first-order valence-corrected chi connectivity index (χ1v) is 16.0. The van der Waals surface area contributed by atoms with Gasteiger partial charge in [-0.1, -0.05) is 13.8 Å². The maximum Gasteiger partial charge on any atom is 0.0624 e. The first-order chi connectivity index (χ1) is 11.7. The normalized spacial score (nSPS) is 33.0. The van der Waals surface area contributed by atoms with Crippen molar-refractivity contribution >= 4 is 95.8 Å². The molecule has 2 fully saturated rings. The van der Waals surface area contributed by atoms with Crippen LogP contribution in [-0.4, -0.2) is 64.7 Å². The van der Waals surface area contributed by atoms with Gasteiger partial charge in [-0.3, -0.25) is 0 Å². The predicted octanol–water partition coefficient (Wildman–Crippen LogP) is 6.22. The van der Waals surface area contributed by atoms with Crippen LogP contribution in [0.2, 0.25) is 0 Å². The molecule has 0 aromatic heterocycles. The quantitative estimate of drug-likeness (QED) is 0.265. The molecule has 2 aliphatic rings. The molecule has 6 atom stereocenters. The Morgan fingerprint density at radius 1 is 0.833 bits per heavy atom. The molecule has 0 saturated carbocycles. The van der Waals surface area contributed by atoms with E-state index in [2.05, 4.69) is 110 Å². The third kappa shape index (κ3) is 7.32. The van der Waals surface area contributed by atoms with Crippen LogP contribution in [0.1, 0.15) is 26.7 Å². The minimum absolute atomic E-state index is 0.771. The second-order valence-corrected chi connectivity index (χ2v) is 15.2. The lowest BCUT2D eigenvalue weighted by Gasteiger charge is -2.23. The van der Waals surface area contributed by atoms with Gasteiger partial charge in [0.2, 0.25) is 0 Å². The second kappa shape index (κ2) is 13.1. The highest BCUT2D eigenvalue weighted by atomic mass is 32.2. The molecule has 2 heterocycles. The summed E-state index contributed by atoms with van der Waals surface area (Å²) in [6.45, 7) is 4.72. The topological polar surface area (TPSA) is 0 Å². The van der Waals surface area contributed by atoms with Crippen molar-refractivity contribution in [1.29, 1.82) is 0 Å². The maximum atomic E-state index is 4.48. The minimum Gasteiger partial charge on any atom is -0.178 e. The van der Waals surface area contributed by atoms with Gasteiger partial charge in [-0.05, 0) is 12.8 Å². The van der Waals surface area contributed by atoms with Crippen molar-refractivity contribution in [3.8, 4) is 0 Å². The van der Waals surface area contributed by atoms with Crippen molar-refractivity contribution in [2.75, 3.05) is 34.5 Å². The standard InChI is InChI=1S/C16H30S8/c1-3-13(15-21-9-11(7-17)23-15)19-5-6-20-14(4-2)16-22-10-12(8-18)24-16/h11-18H,3-10H2,1-2H3. The van der Waals surface area contributed by atoms with Crippen LogP contribution in [0.25, 0.3) is 0 Å². The zero-order valence-electron chi connectivity index (χ0n) is 14.5. The number of hydrogen-bond donors (Lipinski definition) is 2.